The Labute approximate surface area is 175 Å². The van der Waals surface area contributed by atoms with Crippen LogP contribution in [0.2, 0.25) is 5.02 Å². The van der Waals surface area contributed by atoms with E-state index in [2.05, 4.69) is 4.98 Å². The molecule has 0 aliphatic rings. The van der Waals surface area contributed by atoms with Crippen LogP contribution in [0.1, 0.15) is 5.82 Å². The lowest BCUT2D eigenvalue weighted by Crippen LogP contribution is -2.26. The molecule has 30 heavy (non-hydrogen) atoms. The lowest BCUT2D eigenvalue weighted by molar-refractivity contribution is 0.594. The van der Waals surface area contributed by atoms with E-state index in [0.29, 0.717) is 27.4 Å². The topological polar surface area (TPSA) is 117 Å². The van der Waals surface area contributed by atoms with Crippen LogP contribution in [0.5, 0.6) is 0 Å². The van der Waals surface area contributed by atoms with Crippen molar-refractivity contribution >= 4 is 32.5 Å². The van der Waals surface area contributed by atoms with Crippen LogP contribution in [-0.4, -0.2) is 22.5 Å². The Balaban J connectivity index is 1.94. The summed E-state index contributed by atoms with van der Waals surface area (Å²) in [5, 5.41) is 6.08. The van der Waals surface area contributed by atoms with Crippen LogP contribution in [0.4, 0.5) is 0 Å². The van der Waals surface area contributed by atoms with Gasteiger partial charge in [0.05, 0.1) is 23.1 Å². The van der Waals surface area contributed by atoms with Gasteiger partial charge in [-0.05, 0) is 36.4 Å². The molecule has 0 amide bonds. The molecular weight excluding hydrogens is 428 g/mol. The molecule has 2 aromatic heterocycles. The second-order valence-electron chi connectivity index (χ2n) is 6.55. The van der Waals surface area contributed by atoms with Gasteiger partial charge in [-0.15, -0.1) is 0 Å². The highest BCUT2D eigenvalue weighted by Crippen LogP contribution is 2.17. The van der Waals surface area contributed by atoms with Gasteiger partial charge < -0.3 is 4.57 Å². The van der Waals surface area contributed by atoms with Crippen LogP contribution in [0.3, 0.4) is 0 Å². The molecule has 0 atom stereocenters. The third-order valence-corrected chi connectivity index (χ3v) is 5.68. The minimum Gasteiger partial charge on any atom is -0.345 e. The Morgan fingerprint density at radius 2 is 1.70 bits per heavy atom. The number of primary sulfonamides is 1. The van der Waals surface area contributed by atoms with E-state index in [1.54, 1.807) is 48.5 Å². The Morgan fingerprint density at radius 1 is 1.00 bits per heavy atom. The first-order chi connectivity index (χ1) is 14.2. The summed E-state index contributed by atoms with van der Waals surface area (Å²) in [6, 6.07) is 14.7. The maximum absolute atomic E-state index is 13.2. The van der Waals surface area contributed by atoms with Crippen LogP contribution in [-0.2, 0) is 16.6 Å². The van der Waals surface area contributed by atoms with Gasteiger partial charge in [-0.1, -0.05) is 23.7 Å². The highest BCUT2D eigenvalue weighted by atomic mass is 35.5. The molecule has 0 fully saturated rings. The molecule has 0 aliphatic carbocycles. The third kappa shape index (κ3) is 3.78. The number of nitrogens with two attached hydrogens (primary N) is 1. The van der Waals surface area contributed by atoms with Crippen molar-refractivity contribution in [2.45, 2.75) is 11.4 Å². The van der Waals surface area contributed by atoms with Crippen LogP contribution in [0, 0.1) is 0 Å². The van der Waals surface area contributed by atoms with Crippen LogP contribution >= 0.6 is 11.6 Å². The molecule has 0 spiro atoms. The minimum atomic E-state index is -4.20. The number of nitrogens with zero attached hydrogens (tertiary/aromatic N) is 3. The van der Waals surface area contributed by atoms with E-state index in [9.17, 15) is 18.0 Å². The Bertz CT molecular complexity index is 1490. The van der Waals surface area contributed by atoms with Crippen molar-refractivity contribution in [3.63, 3.8) is 0 Å². The summed E-state index contributed by atoms with van der Waals surface area (Å²) >= 11 is 5.97. The fourth-order valence-electron chi connectivity index (χ4n) is 3.12. The normalized spacial score (nSPS) is 11.7. The number of rotatable bonds is 4. The van der Waals surface area contributed by atoms with Crippen molar-refractivity contribution in [2.24, 2.45) is 5.14 Å². The van der Waals surface area contributed by atoms with E-state index in [0.717, 1.165) is 12.3 Å². The lowest BCUT2D eigenvalue weighted by atomic mass is 10.2. The monoisotopic (exact) mass is 442 g/mol. The zero-order chi connectivity index (χ0) is 21.5. The number of aromatic nitrogens is 3. The summed E-state index contributed by atoms with van der Waals surface area (Å²) in [4.78, 5) is 29.1. The molecule has 2 N–H and O–H groups in total. The standard InChI is InChI=1S/C20H15ClN4O4S/c21-13-5-7-14(8-6-13)25-19(23-16-4-2-1-3-15(16)20(25)27)12-24-10-9-17(26)18(11-24)30(22,28)29/h1-11H,12H2,(H2,22,28,29). The largest absolute Gasteiger partial charge is 0.345 e. The highest BCUT2D eigenvalue weighted by molar-refractivity contribution is 7.89. The van der Waals surface area contributed by atoms with Crippen molar-refractivity contribution in [2.75, 3.05) is 0 Å². The summed E-state index contributed by atoms with van der Waals surface area (Å²) in [5.74, 6) is 0.338. The van der Waals surface area contributed by atoms with Gasteiger partial charge in [0.15, 0.2) is 0 Å². The maximum atomic E-state index is 13.2. The van der Waals surface area contributed by atoms with Crippen LogP contribution < -0.4 is 16.1 Å². The molecule has 10 heteroatoms. The molecule has 4 rings (SSSR count). The van der Waals surface area contributed by atoms with Crippen LogP contribution in [0.25, 0.3) is 16.6 Å². The smallest absolute Gasteiger partial charge is 0.266 e. The molecule has 0 saturated heterocycles. The van der Waals surface area contributed by atoms with Crippen molar-refractivity contribution in [3.05, 3.63) is 98.4 Å². The number of halogens is 1. The van der Waals surface area contributed by atoms with E-state index in [1.807, 2.05) is 0 Å². The molecule has 0 bridgehead atoms. The maximum Gasteiger partial charge on any atom is 0.266 e. The average molecular weight is 443 g/mol. The van der Waals surface area contributed by atoms with Gasteiger partial charge in [0.1, 0.15) is 10.7 Å². The second kappa shape index (κ2) is 7.52. The summed E-state index contributed by atoms with van der Waals surface area (Å²) < 4.78 is 26.2. The van der Waals surface area contributed by atoms with Gasteiger partial charge in [0.25, 0.3) is 5.56 Å². The first kappa shape index (κ1) is 20.0. The summed E-state index contributed by atoms with van der Waals surface area (Å²) in [6.45, 7) is 0.0193. The quantitative estimate of drug-likeness (QED) is 0.518. The van der Waals surface area contributed by atoms with Gasteiger partial charge in [-0.25, -0.2) is 18.5 Å². The highest BCUT2D eigenvalue weighted by Gasteiger charge is 2.16. The SMILES string of the molecule is NS(=O)(=O)c1cn(Cc2nc3ccccc3c(=O)n2-c2ccc(Cl)cc2)ccc1=O. The molecule has 0 saturated carbocycles. The van der Waals surface area contributed by atoms with Gasteiger partial charge in [0.2, 0.25) is 15.5 Å². The second-order valence-corrected chi connectivity index (χ2v) is 8.52. The third-order valence-electron chi connectivity index (χ3n) is 4.50. The van der Waals surface area contributed by atoms with Gasteiger partial charge in [-0.2, -0.15) is 0 Å². The number of hydrogen-bond acceptors (Lipinski definition) is 5. The van der Waals surface area contributed by atoms with Crippen molar-refractivity contribution < 1.29 is 8.42 Å². The predicted octanol–water partition coefficient (Wildman–Crippen LogP) is 1.90. The average Bonchev–Trinajstić information content (AvgIpc) is 2.70. The fourth-order valence-corrected chi connectivity index (χ4v) is 3.88. The predicted molar refractivity (Wildman–Crippen MR) is 114 cm³/mol. The van der Waals surface area contributed by atoms with Gasteiger partial charge >= 0.3 is 0 Å². The van der Waals surface area contributed by atoms with Crippen molar-refractivity contribution in [1.82, 2.24) is 14.1 Å². The summed E-state index contributed by atoms with van der Waals surface area (Å²) in [5.41, 5.74) is 0.0433. The van der Waals surface area contributed by atoms with Crippen molar-refractivity contribution in [3.8, 4) is 5.69 Å². The number of benzene rings is 2. The Hall–Kier alpha value is -3.27. The summed E-state index contributed by atoms with van der Waals surface area (Å²) in [6.07, 6.45) is 2.54. The molecule has 0 aliphatic heterocycles. The van der Waals surface area contributed by atoms with Crippen LogP contribution in [0.15, 0.2) is 81.5 Å². The van der Waals surface area contributed by atoms with Crippen molar-refractivity contribution in [1.29, 1.82) is 0 Å². The van der Waals surface area contributed by atoms with E-state index < -0.39 is 20.3 Å². The molecule has 4 aromatic rings. The molecule has 152 valence electrons. The first-order valence-corrected chi connectivity index (χ1v) is 10.7. The van der Waals surface area contributed by atoms with Gasteiger partial charge in [0, 0.05) is 23.5 Å². The minimum absolute atomic E-state index is 0.0193. The Morgan fingerprint density at radius 3 is 2.40 bits per heavy atom. The number of para-hydroxylation sites is 1. The Kier molecular flexibility index (Phi) is 5.02. The molecule has 0 unspecified atom stereocenters. The first-order valence-electron chi connectivity index (χ1n) is 8.73. The fraction of sp³-hybridized carbons (Fsp3) is 0.0500. The molecular formula is C20H15ClN4O4S. The van der Waals surface area contributed by atoms with E-state index >= 15 is 0 Å². The summed E-state index contributed by atoms with van der Waals surface area (Å²) in [7, 11) is -4.20. The number of hydrogen-bond donors (Lipinski definition) is 1. The molecule has 2 aromatic carbocycles. The number of sulfonamides is 1. The van der Waals surface area contributed by atoms with E-state index in [1.165, 1.54) is 15.3 Å². The number of pyridine rings is 1. The van der Waals surface area contributed by atoms with E-state index in [-0.39, 0.29) is 12.1 Å². The molecule has 2 heterocycles. The van der Waals surface area contributed by atoms with E-state index in [4.69, 9.17) is 16.7 Å². The number of fused-ring (bicyclic) bond motifs is 1. The lowest BCUT2D eigenvalue weighted by Gasteiger charge is -2.15. The van der Waals surface area contributed by atoms with Gasteiger partial charge in [-0.3, -0.25) is 14.2 Å². The zero-order valence-electron chi connectivity index (χ0n) is 15.4. The molecule has 0 radical (unpaired) electrons. The molecule has 8 nitrogen and oxygen atoms in total. The zero-order valence-corrected chi connectivity index (χ0v) is 17.0.